The summed E-state index contributed by atoms with van der Waals surface area (Å²) in [6.45, 7) is 0. The molecule has 0 saturated heterocycles. The average molecular weight is 318 g/mol. The van der Waals surface area contributed by atoms with E-state index in [1.165, 1.54) is 11.3 Å². The summed E-state index contributed by atoms with van der Waals surface area (Å²) >= 11 is 1.35. The summed E-state index contributed by atoms with van der Waals surface area (Å²) < 4.78 is 0. The molecule has 0 aliphatic heterocycles. The number of carbonyl (C=O) groups is 3. The summed E-state index contributed by atoms with van der Waals surface area (Å²) in [5, 5.41) is 15.7. The third-order valence-corrected chi connectivity index (χ3v) is 3.61. The van der Waals surface area contributed by atoms with E-state index in [0.29, 0.717) is 16.3 Å². The Balaban J connectivity index is 1.89. The highest BCUT2D eigenvalue weighted by atomic mass is 32.1. The number of carbonyl (C=O) groups excluding carboxylic acids is 2. The standard InChI is InChI=1S/C15H14N2O4S/c18-13(7-8-14(19)20)16-10-3-5-11(6-4-10)17-15(21)12-2-1-9-22-12/h1-6,9H,7-8H2,(H,16,18)(H,17,21)(H,19,20). The van der Waals surface area contributed by atoms with Crippen molar-refractivity contribution >= 4 is 40.5 Å². The third-order valence-electron chi connectivity index (χ3n) is 2.74. The van der Waals surface area contributed by atoms with Crippen molar-refractivity contribution in [1.82, 2.24) is 0 Å². The lowest BCUT2D eigenvalue weighted by molar-refractivity contribution is -0.138. The zero-order valence-electron chi connectivity index (χ0n) is 11.5. The van der Waals surface area contributed by atoms with Gasteiger partial charge in [0.05, 0.1) is 11.3 Å². The SMILES string of the molecule is O=C(O)CCC(=O)Nc1ccc(NC(=O)c2cccs2)cc1. The molecule has 2 amide bonds. The van der Waals surface area contributed by atoms with Crippen LogP contribution in [0, 0.1) is 0 Å². The number of benzene rings is 1. The van der Waals surface area contributed by atoms with Crippen molar-refractivity contribution in [3.63, 3.8) is 0 Å². The van der Waals surface area contributed by atoms with Gasteiger partial charge in [0, 0.05) is 17.8 Å². The maximum Gasteiger partial charge on any atom is 0.303 e. The van der Waals surface area contributed by atoms with Gasteiger partial charge in [0.25, 0.3) is 5.91 Å². The van der Waals surface area contributed by atoms with Crippen molar-refractivity contribution in [2.75, 3.05) is 10.6 Å². The lowest BCUT2D eigenvalue weighted by Crippen LogP contribution is -2.13. The van der Waals surface area contributed by atoms with E-state index in [1.807, 2.05) is 5.38 Å². The van der Waals surface area contributed by atoms with E-state index < -0.39 is 5.97 Å². The minimum Gasteiger partial charge on any atom is -0.481 e. The van der Waals surface area contributed by atoms with Gasteiger partial charge in [-0.05, 0) is 35.7 Å². The topological polar surface area (TPSA) is 95.5 Å². The largest absolute Gasteiger partial charge is 0.481 e. The predicted molar refractivity (Wildman–Crippen MR) is 84.2 cm³/mol. The van der Waals surface area contributed by atoms with Crippen LogP contribution in [0.3, 0.4) is 0 Å². The Hall–Kier alpha value is -2.67. The number of anilines is 2. The summed E-state index contributed by atoms with van der Waals surface area (Å²) in [7, 11) is 0. The monoisotopic (exact) mass is 318 g/mol. The van der Waals surface area contributed by atoms with E-state index in [9.17, 15) is 14.4 Å². The molecule has 22 heavy (non-hydrogen) atoms. The number of aliphatic carboxylic acids is 1. The van der Waals surface area contributed by atoms with Crippen molar-refractivity contribution in [1.29, 1.82) is 0 Å². The summed E-state index contributed by atoms with van der Waals surface area (Å²) in [4.78, 5) is 34.4. The second-order valence-electron chi connectivity index (χ2n) is 4.45. The zero-order chi connectivity index (χ0) is 15.9. The first-order valence-corrected chi connectivity index (χ1v) is 7.39. The van der Waals surface area contributed by atoms with Gasteiger partial charge < -0.3 is 15.7 Å². The summed E-state index contributed by atoms with van der Waals surface area (Å²) in [5.74, 6) is -1.56. The number of rotatable bonds is 6. The van der Waals surface area contributed by atoms with Crippen LogP contribution in [0.1, 0.15) is 22.5 Å². The van der Waals surface area contributed by atoms with E-state index in [-0.39, 0.29) is 24.7 Å². The van der Waals surface area contributed by atoms with Gasteiger partial charge in [-0.1, -0.05) is 6.07 Å². The molecule has 6 nitrogen and oxygen atoms in total. The Bertz CT molecular complexity index is 665. The molecule has 2 rings (SSSR count). The first-order valence-electron chi connectivity index (χ1n) is 6.51. The highest BCUT2D eigenvalue weighted by molar-refractivity contribution is 7.12. The Labute approximate surface area is 130 Å². The maximum atomic E-state index is 11.9. The molecule has 2 aromatic rings. The molecule has 0 fully saturated rings. The number of amides is 2. The number of carboxylic acid groups (broad SMARTS) is 1. The maximum absolute atomic E-state index is 11.9. The van der Waals surface area contributed by atoms with Crippen LogP contribution < -0.4 is 10.6 Å². The number of nitrogens with one attached hydrogen (secondary N) is 2. The van der Waals surface area contributed by atoms with Crippen molar-refractivity contribution < 1.29 is 19.5 Å². The molecule has 1 aromatic heterocycles. The molecular weight excluding hydrogens is 304 g/mol. The fraction of sp³-hybridized carbons (Fsp3) is 0.133. The molecular formula is C15H14N2O4S. The molecule has 0 radical (unpaired) electrons. The normalized spacial score (nSPS) is 10.0. The molecule has 0 bridgehead atoms. The Morgan fingerprint density at radius 2 is 1.59 bits per heavy atom. The molecule has 0 aliphatic carbocycles. The second kappa shape index (κ2) is 7.37. The molecule has 0 atom stereocenters. The van der Waals surface area contributed by atoms with Gasteiger partial charge in [0.2, 0.25) is 5.91 Å². The lowest BCUT2D eigenvalue weighted by atomic mass is 10.2. The van der Waals surface area contributed by atoms with Gasteiger partial charge in [-0.3, -0.25) is 14.4 Å². The van der Waals surface area contributed by atoms with Crippen LogP contribution in [0.15, 0.2) is 41.8 Å². The second-order valence-corrected chi connectivity index (χ2v) is 5.40. The van der Waals surface area contributed by atoms with Crippen molar-refractivity contribution in [3.05, 3.63) is 46.7 Å². The van der Waals surface area contributed by atoms with Crippen LogP contribution in [-0.2, 0) is 9.59 Å². The quantitative estimate of drug-likeness (QED) is 0.763. The van der Waals surface area contributed by atoms with E-state index >= 15 is 0 Å². The van der Waals surface area contributed by atoms with Crippen LogP contribution in [0.2, 0.25) is 0 Å². The minimum absolute atomic E-state index is 0.0772. The first-order chi connectivity index (χ1) is 10.5. The van der Waals surface area contributed by atoms with Crippen LogP contribution in [0.5, 0.6) is 0 Å². The van der Waals surface area contributed by atoms with E-state index in [0.717, 1.165) is 0 Å². The molecule has 3 N–H and O–H groups in total. The average Bonchev–Trinajstić information content (AvgIpc) is 3.01. The van der Waals surface area contributed by atoms with Crippen LogP contribution >= 0.6 is 11.3 Å². The van der Waals surface area contributed by atoms with Gasteiger partial charge >= 0.3 is 5.97 Å². The Morgan fingerprint density at radius 3 is 2.14 bits per heavy atom. The smallest absolute Gasteiger partial charge is 0.303 e. The number of hydrogen-bond acceptors (Lipinski definition) is 4. The van der Waals surface area contributed by atoms with Crippen LogP contribution in [0.4, 0.5) is 11.4 Å². The highest BCUT2D eigenvalue weighted by Crippen LogP contribution is 2.16. The van der Waals surface area contributed by atoms with Crippen molar-refractivity contribution in [2.45, 2.75) is 12.8 Å². The Kier molecular flexibility index (Phi) is 5.26. The van der Waals surface area contributed by atoms with E-state index in [1.54, 1.807) is 36.4 Å². The lowest BCUT2D eigenvalue weighted by Gasteiger charge is -2.07. The Morgan fingerprint density at radius 1 is 0.955 bits per heavy atom. The van der Waals surface area contributed by atoms with Gasteiger partial charge in [-0.15, -0.1) is 11.3 Å². The zero-order valence-corrected chi connectivity index (χ0v) is 12.4. The fourth-order valence-electron chi connectivity index (χ4n) is 1.68. The van der Waals surface area contributed by atoms with Gasteiger partial charge in [-0.2, -0.15) is 0 Å². The van der Waals surface area contributed by atoms with Gasteiger partial charge in [-0.25, -0.2) is 0 Å². The van der Waals surface area contributed by atoms with Crippen molar-refractivity contribution in [3.8, 4) is 0 Å². The number of hydrogen-bond donors (Lipinski definition) is 3. The summed E-state index contributed by atoms with van der Waals surface area (Å²) in [6, 6.07) is 10.1. The fourth-order valence-corrected chi connectivity index (χ4v) is 2.30. The minimum atomic E-state index is -1.01. The molecule has 0 aliphatic rings. The summed E-state index contributed by atoms with van der Waals surface area (Å²) in [5.41, 5.74) is 1.16. The first kappa shape index (κ1) is 15.7. The molecule has 7 heteroatoms. The molecule has 1 heterocycles. The summed E-state index contributed by atoms with van der Waals surface area (Å²) in [6.07, 6.45) is -0.285. The van der Waals surface area contributed by atoms with Crippen molar-refractivity contribution in [2.24, 2.45) is 0 Å². The van der Waals surface area contributed by atoms with Gasteiger partial charge in [0.1, 0.15) is 0 Å². The molecule has 0 spiro atoms. The molecule has 0 saturated carbocycles. The van der Waals surface area contributed by atoms with Gasteiger partial charge in [0.15, 0.2) is 0 Å². The van der Waals surface area contributed by atoms with Crippen LogP contribution in [-0.4, -0.2) is 22.9 Å². The van der Waals surface area contributed by atoms with E-state index in [4.69, 9.17) is 5.11 Å². The number of carboxylic acids is 1. The molecule has 0 unspecified atom stereocenters. The van der Waals surface area contributed by atoms with E-state index in [2.05, 4.69) is 10.6 Å². The van der Waals surface area contributed by atoms with Crippen LogP contribution in [0.25, 0.3) is 0 Å². The molecule has 114 valence electrons. The highest BCUT2D eigenvalue weighted by Gasteiger charge is 2.08. The number of thiophene rings is 1. The predicted octanol–water partition coefficient (Wildman–Crippen LogP) is 2.80. The molecule has 1 aromatic carbocycles. The third kappa shape index (κ3) is 4.71.